The third kappa shape index (κ3) is 5.23. The molecule has 2 atom stereocenters. The van der Waals surface area contributed by atoms with E-state index in [0.29, 0.717) is 16.8 Å². The molecule has 0 bridgehead atoms. The zero-order valence-corrected chi connectivity index (χ0v) is 14.8. The predicted octanol–water partition coefficient (Wildman–Crippen LogP) is 2.93. The molecule has 0 unspecified atom stereocenters. The maximum atomic E-state index is 12.8. The molecule has 144 valence electrons. The second kappa shape index (κ2) is 8.11. The lowest BCUT2D eigenvalue weighted by Crippen LogP contribution is -2.48. The van der Waals surface area contributed by atoms with E-state index in [-0.39, 0.29) is 12.0 Å². The molecular formula is C16H19ClF3N3O3. The van der Waals surface area contributed by atoms with Gasteiger partial charge in [0.15, 0.2) is 0 Å². The quantitative estimate of drug-likeness (QED) is 0.828. The van der Waals surface area contributed by atoms with Crippen molar-refractivity contribution < 1.29 is 22.8 Å². The average Bonchev–Trinajstić information content (AvgIpc) is 2.52. The van der Waals surface area contributed by atoms with E-state index in [2.05, 4.69) is 5.32 Å². The number of aromatic nitrogens is 1. The Balaban J connectivity index is 2.02. The molecule has 0 radical (unpaired) electrons. The van der Waals surface area contributed by atoms with E-state index >= 15 is 0 Å². The highest BCUT2D eigenvalue weighted by Gasteiger charge is 2.32. The summed E-state index contributed by atoms with van der Waals surface area (Å²) in [6.45, 7) is 1.24. The van der Waals surface area contributed by atoms with Gasteiger partial charge in [0.05, 0.1) is 5.56 Å². The van der Waals surface area contributed by atoms with Crippen molar-refractivity contribution in [2.24, 2.45) is 5.92 Å². The van der Waals surface area contributed by atoms with E-state index in [1.54, 1.807) is 0 Å². The van der Waals surface area contributed by atoms with Crippen LogP contribution in [0.5, 0.6) is 0 Å². The largest absolute Gasteiger partial charge is 0.417 e. The molecule has 1 fully saturated rings. The number of urea groups is 1. The minimum Gasteiger partial charge on any atom is -0.335 e. The molecule has 1 aromatic heterocycles. The number of rotatable bonds is 3. The highest BCUT2D eigenvalue weighted by atomic mass is 35.5. The summed E-state index contributed by atoms with van der Waals surface area (Å²) in [6, 6.07) is -0.308. The lowest BCUT2D eigenvalue weighted by atomic mass is 9.86. The number of alkyl halides is 3. The zero-order chi connectivity index (χ0) is 19.5. The molecule has 0 aliphatic heterocycles. The predicted molar refractivity (Wildman–Crippen MR) is 88.8 cm³/mol. The van der Waals surface area contributed by atoms with Crippen LogP contribution < -0.4 is 16.2 Å². The van der Waals surface area contributed by atoms with Gasteiger partial charge in [-0.25, -0.2) is 4.79 Å². The van der Waals surface area contributed by atoms with Crippen molar-refractivity contribution in [2.75, 3.05) is 0 Å². The zero-order valence-electron chi connectivity index (χ0n) is 14.0. The minimum atomic E-state index is -4.72. The molecule has 1 aliphatic rings. The number of imide groups is 1. The first kappa shape index (κ1) is 20.3. The smallest absolute Gasteiger partial charge is 0.335 e. The highest BCUT2D eigenvalue weighted by molar-refractivity contribution is 6.30. The number of hydrogen-bond donors (Lipinski definition) is 2. The SMILES string of the molecule is C[C@H]1CCCC[C@@H]1NC(=O)NC(=O)Cn1cc(C(F)(F)F)cc(Cl)c1=O. The Hall–Kier alpha value is -2.03. The fourth-order valence-corrected chi connectivity index (χ4v) is 3.15. The molecule has 0 spiro atoms. The summed E-state index contributed by atoms with van der Waals surface area (Å²) >= 11 is 5.51. The molecule has 2 N–H and O–H groups in total. The number of amides is 3. The van der Waals surface area contributed by atoms with Crippen molar-refractivity contribution in [2.45, 2.75) is 51.4 Å². The first-order chi connectivity index (χ1) is 12.1. The topological polar surface area (TPSA) is 80.2 Å². The Kier molecular flexibility index (Phi) is 6.33. The van der Waals surface area contributed by atoms with E-state index in [0.717, 1.165) is 25.7 Å². The number of halogens is 4. The van der Waals surface area contributed by atoms with Crippen molar-refractivity contribution in [1.29, 1.82) is 0 Å². The molecule has 1 heterocycles. The molecule has 0 aromatic carbocycles. The van der Waals surface area contributed by atoms with Gasteiger partial charge >= 0.3 is 12.2 Å². The van der Waals surface area contributed by atoms with Gasteiger partial charge in [-0.1, -0.05) is 31.4 Å². The molecule has 3 amide bonds. The number of carbonyl (C=O) groups excluding carboxylic acids is 2. The Morgan fingerprint density at radius 1 is 1.31 bits per heavy atom. The van der Waals surface area contributed by atoms with Crippen LogP contribution in [0.3, 0.4) is 0 Å². The van der Waals surface area contributed by atoms with Crippen LogP contribution in [0.25, 0.3) is 0 Å². The van der Waals surface area contributed by atoms with E-state index in [9.17, 15) is 27.6 Å². The van der Waals surface area contributed by atoms with Crippen molar-refractivity contribution in [3.05, 3.63) is 33.2 Å². The fourth-order valence-electron chi connectivity index (χ4n) is 2.93. The summed E-state index contributed by atoms with van der Waals surface area (Å²) in [5, 5.41) is 4.05. The molecular weight excluding hydrogens is 375 g/mol. The maximum absolute atomic E-state index is 12.8. The lowest BCUT2D eigenvalue weighted by molar-refractivity contribution is -0.138. The molecule has 6 nitrogen and oxygen atoms in total. The normalized spacial score (nSPS) is 20.5. The van der Waals surface area contributed by atoms with Gasteiger partial charge in [-0.2, -0.15) is 13.2 Å². The summed E-state index contributed by atoms with van der Waals surface area (Å²) < 4.78 is 38.9. The Bertz CT molecular complexity index is 748. The Morgan fingerprint density at radius 2 is 1.96 bits per heavy atom. The lowest BCUT2D eigenvalue weighted by Gasteiger charge is -2.29. The number of nitrogens with one attached hydrogen (secondary N) is 2. The summed E-state index contributed by atoms with van der Waals surface area (Å²) in [4.78, 5) is 35.6. The monoisotopic (exact) mass is 393 g/mol. The van der Waals surface area contributed by atoms with Gasteiger partial charge in [-0.15, -0.1) is 0 Å². The molecule has 1 aliphatic carbocycles. The van der Waals surface area contributed by atoms with Crippen LogP contribution in [-0.2, 0) is 17.5 Å². The number of nitrogens with zero attached hydrogens (tertiary/aromatic N) is 1. The summed E-state index contributed by atoms with van der Waals surface area (Å²) in [5.41, 5.74) is -2.11. The van der Waals surface area contributed by atoms with Gasteiger partial charge in [0, 0.05) is 12.2 Å². The van der Waals surface area contributed by atoms with Gasteiger partial charge in [0.1, 0.15) is 11.6 Å². The molecule has 10 heteroatoms. The number of carbonyl (C=O) groups is 2. The van der Waals surface area contributed by atoms with Gasteiger partial charge in [-0.3, -0.25) is 14.9 Å². The minimum absolute atomic E-state index is 0.0673. The summed E-state index contributed by atoms with van der Waals surface area (Å²) in [5.74, 6) is -0.641. The fraction of sp³-hybridized carbons (Fsp3) is 0.562. The second-order valence-corrected chi connectivity index (χ2v) is 6.80. The van der Waals surface area contributed by atoms with Gasteiger partial charge in [0.25, 0.3) is 5.56 Å². The van der Waals surface area contributed by atoms with Crippen LogP contribution in [0.15, 0.2) is 17.1 Å². The molecule has 1 aromatic rings. The van der Waals surface area contributed by atoms with Gasteiger partial charge < -0.3 is 9.88 Å². The van der Waals surface area contributed by atoms with Crippen LogP contribution in [0.2, 0.25) is 5.02 Å². The van der Waals surface area contributed by atoms with Crippen LogP contribution in [0.1, 0.15) is 38.2 Å². The number of pyridine rings is 1. The van der Waals surface area contributed by atoms with Gasteiger partial charge in [-0.05, 0) is 24.8 Å². The van der Waals surface area contributed by atoms with Crippen LogP contribution in [0, 0.1) is 5.92 Å². The third-order valence-corrected chi connectivity index (χ3v) is 4.64. The van der Waals surface area contributed by atoms with Crippen molar-refractivity contribution in [3.63, 3.8) is 0 Å². The third-order valence-electron chi connectivity index (χ3n) is 4.36. The van der Waals surface area contributed by atoms with Crippen molar-refractivity contribution in [3.8, 4) is 0 Å². The standard InChI is InChI=1S/C16H19ClF3N3O3/c1-9-4-2-3-5-12(9)21-15(26)22-13(24)8-23-7-10(16(18,19)20)6-11(17)14(23)25/h6-7,9,12H,2-5,8H2,1H3,(H2,21,22,24,26)/t9-,12-/m0/s1. The van der Waals surface area contributed by atoms with Crippen LogP contribution in [-0.4, -0.2) is 22.5 Å². The van der Waals surface area contributed by atoms with Crippen molar-refractivity contribution in [1.82, 2.24) is 15.2 Å². The average molecular weight is 394 g/mol. The molecule has 26 heavy (non-hydrogen) atoms. The highest BCUT2D eigenvalue weighted by Crippen LogP contribution is 2.29. The molecule has 1 saturated carbocycles. The van der Waals surface area contributed by atoms with E-state index < -0.39 is 40.8 Å². The summed E-state index contributed by atoms with van der Waals surface area (Å²) in [6.07, 6.45) is -0.401. The Labute approximate surface area is 152 Å². The van der Waals surface area contributed by atoms with E-state index in [1.165, 1.54) is 0 Å². The summed E-state index contributed by atoms with van der Waals surface area (Å²) in [7, 11) is 0. The van der Waals surface area contributed by atoms with E-state index in [1.807, 2.05) is 12.2 Å². The van der Waals surface area contributed by atoms with Gasteiger partial charge in [0.2, 0.25) is 5.91 Å². The van der Waals surface area contributed by atoms with Crippen LogP contribution >= 0.6 is 11.6 Å². The second-order valence-electron chi connectivity index (χ2n) is 6.40. The van der Waals surface area contributed by atoms with Crippen LogP contribution in [0.4, 0.5) is 18.0 Å². The Morgan fingerprint density at radius 3 is 2.58 bits per heavy atom. The molecule has 0 saturated heterocycles. The van der Waals surface area contributed by atoms with Crippen molar-refractivity contribution >= 4 is 23.5 Å². The first-order valence-corrected chi connectivity index (χ1v) is 8.53. The maximum Gasteiger partial charge on any atom is 0.417 e. The molecule has 2 rings (SSSR count). The first-order valence-electron chi connectivity index (χ1n) is 8.15. The number of hydrogen-bond acceptors (Lipinski definition) is 3. The van der Waals surface area contributed by atoms with E-state index in [4.69, 9.17) is 11.6 Å².